The van der Waals surface area contributed by atoms with E-state index in [1.807, 2.05) is 36.4 Å². The molecule has 0 aromatic heterocycles. The van der Waals surface area contributed by atoms with Crippen LogP contribution in [0, 0.1) is 10.1 Å². The maximum Gasteiger partial charge on any atom is 0.239 e. The van der Waals surface area contributed by atoms with Crippen LogP contribution in [0.5, 0.6) is 0 Å². The van der Waals surface area contributed by atoms with Gasteiger partial charge in [0, 0.05) is 16.9 Å². The Balaban J connectivity index is 2.35. The van der Waals surface area contributed by atoms with Gasteiger partial charge in [0.1, 0.15) is 6.29 Å². The van der Waals surface area contributed by atoms with Gasteiger partial charge in [-0.1, -0.05) is 60.7 Å². The first-order valence-electron chi connectivity index (χ1n) is 6.77. The quantitative estimate of drug-likeness (QED) is 0.462. The summed E-state index contributed by atoms with van der Waals surface area (Å²) in [6, 6.07) is 17.1. The van der Waals surface area contributed by atoms with Crippen molar-refractivity contribution < 1.29 is 9.72 Å². The number of hydrogen-bond donors (Lipinski definition) is 0. The molecule has 0 N–H and O–H groups in total. The van der Waals surface area contributed by atoms with E-state index in [0.717, 1.165) is 11.8 Å². The van der Waals surface area contributed by atoms with Gasteiger partial charge < -0.3 is 4.79 Å². The maximum absolute atomic E-state index is 11.6. The van der Waals surface area contributed by atoms with Crippen molar-refractivity contribution in [2.24, 2.45) is 0 Å². The fraction of sp³-hybridized carbons (Fsp3) is 0.235. The molecule has 2 aromatic rings. The summed E-state index contributed by atoms with van der Waals surface area (Å²) < 4.78 is 0. The molecule has 0 saturated heterocycles. The average Bonchev–Trinajstić information content (AvgIpc) is 2.54. The Morgan fingerprint density at radius 2 is 1.62 bits per heavy atom. The molecule has 0 heterocycles. The number of nitro groups is 1. The zero-order valence-corrected chi connectivity index (χ0v) is 11.8. The molecule has 4 nitrogen and oxygen atoms in total. The zero-order chi connectivity index (χ0) is 15.3. The second kappa shape index (κ2) is 6.31. The summed E-state index contributed by atoms with van der Waals surface area (Å²) in [5, 5.41) is 11.4. The second-order valence-corrected chi connectivity index (χ2v) is 5.32. The van der Waals surface area contributed by atoms with Gasteiger partial charge in [-0.25, -0.2) is 0 Å². The monoisotopic (exact) mass is 283 g/mol. The minimum absolute atomic E-state index is 0.136. The van der Waals surface area contributed by atoms with Crippen LogP contribution in [0.1, 0.15) is 30.5 Å². The highest BCUT2D eigenvalue weighted by Gasteiger charge is 2.36. The molecular formula is C17H17NO3. The zero-order valence-electron chi connectivity index (χ0n) is 11.8. The van der Waals surface area contributed by atoms with Gasteiger partial charge in [-0.15, -0.1) is 0 Å². The van der Waals surface area contributed by atoms with E-state index in [-0.39, 0.29) is 11.3 Å². The van der Waals surface area contributed by atoms with E-state index in [1.165, 1.54) is 0 Å². The van der Waals surface area contributed by atoms with Gasteiger partial charge in [0.05, 0.1) is 5.41 Å². The Hall–Kier alpha value is -2.49. The van der Waals surface area contributed by atoms with Crippen LogP contribution in [0.3, 0.4) is 0 Å². The van der Waals surface area contributed by atoms with Crippen molar-refractivity contribution in [1.82, 2.24) is 0 Å². The summed E-state index contributed by atoms with van der Waals surface area (Å²) in [5.74, 6) is 0. The van der Waals surface area contributed by atoms with Crippen LogP contribution in [0.4, 0.5) is 0 Å². The van der Waals surface area contributed by atoms with Gasteiger partial charge in [0.2, 0.25) is 6.04 Å². The minimum Gasteiger partial charge on any atom is -0.302 e. The lowest BCUT2D eigenvalue weighted by molar-refractivity contribution is -0.531. The highest BCUT2D eigenvalue weighted by atomic mass is 16.6. The van der Waals surface area contributed by atoms with Crippen LogP contribution < -0.4 is 0 Å². The van der Waals surface area contributed by atoms with E-state index >= 15 is 0 Å². The first kappa shape index (κ1) is 14.9. The van der Waals surface area contributed by atoms with Gasteiger partial charge in [0.15, 0.2) is 0 Å². The maximum atomic E-state index is 11.6. The number of hydrogen-bond acceptors (Lipinski definition) is 3. The minimum atomic E-state index is -0.901. The Labute approximate surface area is 123 Å². The van der Waals surface area contributed by atoms with E-state index in [4.69, 9.17) is 0 Å². The summed E-state index contributed by atoms with van der Waals surface area (Å²) in [4.78, 5) is 22.7. The van der Waals surface area contributed by atoms with Crippen LogP contribution in [-0.2, 0) is 10.2 Å². The van der Waals surface area contributed by atoms with Crippen LogP contribution in [-0.4, -0.2) is 11.2 Å². The lowest BCUT2D eigenvalue weighted by atomic mass is 9.77. The van der Waals surface area contributed by atoms with E-state index in [0.29, 0.717) is 5.56 Å². The first-order chi connectivity index (χ1) is 10.1. The van der Waals surface area contributed by atoms with Crippen molar-refractivity contribution in [2.45, 2.75) is 24.8 Å². The lowest BCUT2D eigenvalue weighted by Gasteiger charge is -2.25. The molecule has 0 aliphatic heterocycles. The molecule has 4 heteroatoms. The van der Waals surface area contributed by atoms with Crippen molar-refractivity contribution >= 4 is 6.29 Å². The molecule has 2 atom stereocenters. The van der Waals surface area contributed by atoms with Crippen LogP contribution >= 0.6 is 0 Å². The molecule has 0 aliphatic carbocycles. The van der Waals surface area contributed by atoms with Gasteiger partial charge in [-0.05, 0) is 12.5 Å². The van der Waals surface area contributed by atoms with Gasteiger partial charge in [-0.2, -0.15) is 0 Å². The molecular weight excluding hydrogens is 266 g/mol. The normalized spacial score (nSPS) is 14.9. The fourth-order valence-corrected chi connectivity index (χ4v) is 2.44. The molecule has 108 valence electrons. The van der Waals surface area contributed by atoms with Crippen LogP contribution in [0.2, 0.25) is 0 Å². The fourth-order valence-electron chi connectivity index (χ4n) is 2.44. The number of carbonyl (C=O) groups excluding carboxylic acids is 1. The van der Waals surface area contributed by atoms with Crippen molar-refractivity contribution in [3.63, 3.8) is 0 Å². The van der Waals surface area contributed by atoms with Gasteiger partial charge >= 0.3 is 0 Å². The number of rotatable bonds is 6. The third-order valence-corrected chi connectivity index (χ3v) is 3.75. The lowest BCUT2D eigenvalue weighted by Crippen LogP contribution is -2.29. The van der Waals surface area contributed by atoms with Gasteiger partial charge in [-0.3, -0.25) is 10.1 Å². The predicted molar refractivity (Wildman–Crippen MR) is 80.7 cm³/mol. The molecule has 21 heavy (non-hydrogen) atoms. The molecule has 0 saturated carbocycles. The second-order valence-electron chi connectivity index (χ2n) is 5.32. The van der Waals surface area contributed by atoms with Crippen molar-refractivity contribution in [1.29, 1.82) is 0 Å². The Morgan fingerprint density at radius 1 is 1.10 bits per heavy atom. The predicted octanol–water partition coefficient (Wildman–Crippen LogP) is 3.55. The van der Waals surface area contributed by atoms with E-state index < -0.39 is 11.5 Å². The highest BCUT2D eigenvalue weighted by molar-refractivity contribution is 5.68. The summed E-state index contributed by atoms with van der Waals surface area (Å²) in [5.41, 5.74) is 0.531. The van der Waals surface area contributed by atoms with E-state index in [1.54, 1.807) is 31.2 Å². The van der Waals surface area contributed by atoms with Crippen molar-refractivity contribution in [3.8, 4) is 0 Å². The SMILES string of the molecule is CC(C=O)(CC(c1ccccc1)[N+](=O)[O-])c1ccccc1. The smallest absolute Gasteiger partial charge is 0.239 e. The third-order valence-electron chi connectivity index (χ3n) is 3.75. The van der Waals surface area contributed by atoms with E-state index in [9.17, 15) is 14.9 Å². The molecule has 0 amide bonds. The van der Waals surface area contributed by atoms with Crippen LogP contribution in [0.25, 0.3) is 0 Å². The molecule has 0 fully saturated rings. The summed E-state index contributed by atoms with van der Waals surface area (Å²) in [6.07, 6.45) is 0.944. The number of carbonyl (C=O) groups is 1. The molecule has 0 bridgehead atoms. The molecule has 2 aromatic carbocycles. The van der Waals surface area contributed by atoms with Crippen molar-refractivity contribution in [3.05, 3.63) is 81.9 Å². The number of aldehydes is 1. The standard InChI is InChI=1S/C17H17NO3/c1-17(13-19,15-10-6-3-7-11-15)12-16(18(20)21)14-8-4-2-5-9-14/h2-11,13,16H,12H2,1H3. The molecule has 2 rings (SSSR count). The first-order valence-corrected chi connectivity index (χ1v) is 6.77. The highest BCUT2D eigenvalue weighted by Crippen LogP contribution is 2.34. The van der Waals surface area contributed by atoms with E-state index in [2.05, 4.69) is 0 Å². The molecule has 0 radical (unpaired) electrons. The Morgan fingerprint density at radius 3 is 2.10 bits per heavy atom. The molecule has 2 unspecified atom stereocenters. The van der Waals surface area contributed by atoms with Crippen LogP contribution in [0.15, 0.2) is 60.7 Å². The largest absolute Gasteiger partial charge is 0.302 e. The Bertz CT molecular complexity index is 612. The summed E-state index contributed by atoms with van der Waals surface area (Å²) >= 11 is 0. The third kappa shape index (κ3) is 3.34. The topological polar surface area (TPSA) is 60.2 Å². The molecule has 0 aliphatic rings. The summed E-state index contributed by atoms with van der Waals surface area (Å²) in [6.45, 7) is 1.74. The van der Waals surface area contributed by atoms with Gasteiger partial charge in [0.25, 0.3) is 0 Å². The van der Waals surface area contributed by atoms with Crippen molar-refractivity contribution in [2.75, 3.05) is 0 Å². The summed E-state index contributed by atoms with van der Waals surface area (Å²) in [7, 11) is 0. The Kier molecular flexibility index (Phi) is 4.48. The number of nitrogens with zero attached hydrogens (tertiary/aromatic N) is 1. The number of benzene rings is 2. The molecule has 0 spiro atoms. The average molecular weight is 283 g/mol.